The van der Waals surface area contributed by atoms with E-state index in [2.05, 4.69) is 26.4 Å². The van der Waals surface area contributed by atoms with E-state index in [1.807, 2.05) is 42.5 Å². The molecule has 3 heterocycles. The summed E-state index contributed by atoms with van der Waals surface area (Å²) >= 11 is 0. The van der Waals surface area contributed by atoms with Gasteiger partial charge < -0.3 is 5.32 Å². The van der Waals surface area contributed by atoms with Gasteiger partial charge in [-0.2, -0.15) is 10.2 Å². The molecule has 0 bridgehead atoms. The Balaban J connectivity index is 1.55. The third-order valence-electron chi connectivity index (χ3n) is 4.80. The predicted octanol–water partition coefficient (Wildman–Crippen LogP) is 3.99. The molecule has 0 unspecified atom stereocenters. The second-order valence-corrected chi connectivity index (χ2v) is 6.70. The molecule has 0 saturated heterocycles. The lowest BCUT2D eigenvalue weighted by Crippen LogP contribution is -2.28. The second kappa shape index (κ2) is 7.57. The van der Waals surface area contributed by atoms with Gasteiger partial charge in [-0.1, -0.05) is 18.2 Å². The monoisotopic (exact) mass is 369 g/mol. The van der Waals surface area contributed by atoms with Gasteiger partial charge in [0.05, 0.1) is 16.8 Å². The van der Waals surface area contributed by atoms with Crippen molar-refractivity contribution in [2.24, 2.45) is 10.2 Å². The number of fused-ring (bicyclic) bond motifs is 1. The highest BCUT2D eigenvalue weighted by molar-refractivity contribution is 6.07. The van der Waals surface area contributed by atoms with Crippen molar-refractivity contribution in [3.8, 4) is 23.6 Å². The van der Waals surface area contributed by atoms with E-state index < -0.39 is 5.66 Å². The largest absolute Gasteiger partial charge is 0.352 e. The number of benzene rings is 1. The number of pyridine rings is 2. The number of carbonyl (C=O) groups is 1. The maximum Gasteiger partial charge on any atom is 0.252 e. The average molecular weight is 369 g/mol. The van der Waals surface area contributed by atoms with Gasteiger partial charge in [0.2, 0.25) is 0 Å². The zero-order chi connectivity index (χ0) is 19.4. The number of carbonyl (C=O) groups excluding carboxylic acids is 1. The second-order valence-electron chi connectivity index (χ2n) is 6.70. The highest BCUT2D eigenvalue weighted by Gasteiger charge is 2.38. The number of hydrogen-bond acceptors (Lipinski definition) is 5. The summed E-state index contributed by atoms with van der Waals surface area (Å²) < 4.78 is 0. The third-order valence-corrected chi connectivity index (χ3v) is 4.80. The van der Waals surface area contributed by atoms with Gasteiger partial charge in [0.25, 0.3) is 5.91 Å². The molecule has 1 aliphatic heterocycles. The lowest BCUT2D eigenvalue weighted by atomic mass is 10.0. The molecule has 0 fully saturated rings. The molecular formula is C22H19N5O. The minimum absolute atomic E-state index is 0.137. The van der Waals surface area contributed by atoms with Gasteiger partial charge in [-0.25, -0.2) is 4.98 Å². The van der Waals surface area contributed by atoms with Gasteiger partial charge in [0, 0.05) is 49.2 Å². The number of nitrogens with zero attached hydrogens (tertiary/aromatic N) is 4. The third kappa shape index (κ3) is 3.74. The van der Waals surface area contributed by atoms with E-state index >= 15 is 0 Å². The Bertz CT molecular complexity index is 1080. The summed E-state index contributed by atoms with van der Waals surface area (Å²) in [6, 6.07) is 13.2. The number of terminal acetylenes is 1. The molecule has 1 aromatic carbocycles. The van der Waals surface area contributed by atoms with Crippen LogP contribution in [-0.4, -0.2) is 28.1 Å². The first-order valence-corrected chi connectivity index (χ1v) is 9.17. The Labute approximate surface area is 163 Å². The van der Waals surface area contributed by atoms with Crippen molar-refractivity contribution in [1.82, 2.24) is 15.3 Å². The predicted molar refractivity (Wildman–Crippen MR) is 108 cm³/mol. The van der Waals surface area contributed by atoms with Crippen LogP contribution in [0.4, 0.5) is 0 Å². The van der Waals surface area contributed by atoms with Crippen molar-refractivity contribution in [3.05, 3.63) is 60.4 Å². The molecule has 0 atom stereocenters. The summed E-state index contributed by atoms with van der Waals surface area (Å²) in [5.74, 6) is 2.47. The van der Waals surface area contributed by atoms with Crippen molar-refractivity contribution in [1.29, 1.82) is 0 Å². The number of hydrogen-bond donors (Lipinski definition) is 1. The molecule has 0 saturated carbocycles. The van der Waals surface area contributed by atoms with Gasteiger partial charge in [-0.3, -0.25) is 9.78 Å². The quantitative estimate of drug-likeness (QED) is 0.640. The van der Waals surface area contributed by atoms with Crippen LogP contribution in [-0.2, 0) is 0 Å². The van der Waals surface area contributed by atoms with Crippen molar-refractivity contribution in [2.45, 2.75) is 24.9 Å². The normalized spacial score (nSPS) is 13.8. The van der Waals surface area contributed by atoms with E-state index in [4.69, 9.17) is 11.4 Å². The van der Waals surface area contributed by atoms with Crippen LogP contribution in [0.1, 0.15) is 29.6 Å². The van der Waals surface area contributed by atoms with Crippen LogP contribution >= 0.6 is 0 Å². The molecule has 4 rings (SSSR count). The van der Waals surface area contributed by atoms with Gasteiger partial charge >= 0.3 is 0 Å². The maximum absolute atomic E-state index is 12.9. The fourth-order valence-corrected chi connectivity index (χ4v) is 3.17. The first-order valence-electron chi connectivity index (χ1n) is 9.17. The Kier molecular flexibility index (Phi) is 4.81. The first-order chi connectivity index (χ1) is 13.7. The molecule has 6 heteroatoms. The van der Waals surface area contributed by atoms with Gasteiger partial charge in [-0.15, -0.1) is 12.3 Å². The van der Waals surface area contributed by atoms with Crippen LogP contribution in [0.15, 0.2) is 65.1 Å². The summed E-state index contributed by atoms with van der Waals surface area (Å²) in [5, 5.41) is 12.0. The van der Waals surface area contributed by atoms with E-state index in [-0.39, 0.29) is 5.91 Å². The Morgan fingerprint density at radius 2 is 1.89 bits per heavy atom. The number of aromatic nitrogens is 2. The minimum atomic E-state index is -0.401. The van der Waals surface area contributed by atoms with E-state index in [1.54, 1.807) is 12.4 Å². The zero-order valence-corrected chi connectivity index (χ0v) is 15.3. The van der Waals surface area contributed by atoms with Crippen LogP contribution in [0.5, 0.6) is 0 Å². The smallest absolute Gasteiger partial charge is 0.252 e. The number of amides is 1. The molecule has 0 spiro atoms. The van der Waals surface area contributed by atoms with Crippen LogP contribution < -0.4 is 5.32 Å². The molecule has 138 valence electrons. The van der Waals surface area contributed by atoms with Crippen LogP contribution in [0.25, 0.3) is 22.2 Å². The average Bonchev–Trinajstić information content (AvgIpc) is 3.52. The molecule has 1 N–H and O–H groups in total. The zero-order valence-electron chi connectivity index (χ0n) is 15.3. The van der Waals surface area contributed by atoms with E-state index in [9.17, 15) is 4.79 Å². The number of nitrogens with one attached hydrogen (secondary N) is 1. The van der Waals surface area contributed by atoms with Crippen LogP contribution in [0, 0.1) is 12.3 Å². The summed E-state index contributed by atoms with van der Waals surface area (Å²) in [6.45, 7) is 0.484. The van der Waals surface area contributed by atoms with E-state index in [0.29, 0.717) is 24.9 Å². The number of rotatable bonds is 7. The maximum atomic E-state index is 12.9. The lowest BCUT2D eigenvalue weighted by Gasteiger charge is -2.12. The fraction of sp³-hybridized carbons (Fsp3) is 0.227. The molecule has 28 heavy (non-hydrogen) atoms. The van der Waals surface area contributed by atoms with E-state index in [1.165, 1.54) is 0 Å². The van der Waals surface area contributed by atoms with Gasteiger partial charge in [0.15, 0.2) is 5.66 Å². The Morgan fingerprint density at radius 1 is 1.11 bits per heavy atom. The highest BCUT2D eigenvalue weighted by atomic mass is 16.1. The molecular weight excluding hydrogens is 350 g/mol. The molecule has 1 amide bonds. The van der Waals surface area contributed by atoms with Crippen LogP contribution in [0.3, 0.4) is 0 Å². The van der Waals surface area contributed by atoms with Crippen molar-refractivity contribution < 1.29 is 4.79 Å². The van der Waals surface area contributed by atoms with Gasteiger partial charge in [-0.05, 0) is 24.3 Å². The molecule has 1 aliphatic rings. The molecule has 3 aromatic rings. The SMILES string of the molecule is C#CCCC1(CCNC(=O)c2cc(-c3ccncc3)nc3ccccc23)N=N1. The van der Waals surface area contributed by atoms with Crippen molar-refractivity contribution >= 4 is 16.8 Å². The van der Waals surface area contributed by atoms with Crippen LogP contribution in [0.2, 0.25) is 0 Å². The minimum Gasteiger partial charge on any atom is -0.352 e. The lowest BCUT2D eigenvalue weighted by molar-refractivity contribution is 0.0953. The van der Waals surface area contributed by atoms with E-state index in [0.717, 1.165) is 28.6 Å². The molecule has 0 aliphatic carbocycles. The summed E-state index contributed by atoms with van der Waals surface area (Å²) in [6.07, 6.45) is 10.8. The first kappa shape index (κ1) is 17.8. The fourth-order valence-electron chi connectivity index (χ4n) is 3.17. The molecule has 6 nitrogen and oxygen atoms in total. The standard InChI is InChI=1S/C22H19N5O/c1-2-3-10-22(26-27-22)11-14-24-21(28)18-15-20(16-8-12-23-13-9-16)25-19-7-5-4-6-17(18)19/h1,4-9,12-13,15H,3,10-11,14H2,(H,24,28). The summed E-state index contributed by atoms with van der Waals surface area (Å²) in [4.78, 5) is 21.7. The van der Waals surface area contributed by atoms with Gasteiger partial charge in [0.1, 0.15) is 0 Å². The molecule has 2 aromatic heterocycles. The number of para-hydroxylation sites is 1. The van der Waals surface area contributed by atoms with Crippen molar-refractivity contribution in [2.75, 3.05) is 6.54 Å². The summed E-state index contributed by atoms with van der Waals surface area (Å²) in [5.41, 5.74) is 2.63. The highest BCUT2D eigenvalue weighted by Crippen LogP contribution is 2.36. The topological polar surface area (TPSA) is 79.6 Å². The molecule has 0 radical (unpaired) electrons. The van der Waals surface area contributed by atoms with Crippen molar-refractivity contribution in [3.63, 3.8) is 0 Å². The Morgan fingerprint density at radius 3 is 2.64 bits per heavy atom. The Hall–Kier alpha value is -3.59. The summed E-state index contributed by atoms with van der Waals surface area (Å²) in [7, 11) is 0.